The van der Waals surface area contributed by atoms with Crippen molar-refractivity contribution >= 4 is 5.91 Å². The van der Waals surface area contributed by atoms with E-state index in [2.05, 4.69) is 49.9 Å². The van der Waals surface area contributed by atoms with Crippen molar-refractivity contribution in [3.63, 3.8) is 0 Å². The van der Waals surface area contributed by atoms with Gasteiger partial charge in [0.15, 0.2) is 28.8 Å². The Morgan fingerprint density at radius 1 is 0.849 bits per heavy atom. The number of carbonyl (C=O) groups excluding carboxylic acids is 1. The summed E-state index contributed by atoms with van der Waals surface area (Å²) in [5.74, 6) is 4.44. The van der Waals surface area contributed by atoms with E-state index >= 15 is 0 Å². The Labute approximate surface area is 315 Å². The first kappa shape index (κ1) is 39.2. The summed E-state index contributed by atoms with van der Waals surface area (Å²) in [6, 6.07) is 8.61. The maximum absolute atomic E-state index is 14.8. The van der Waals surface area contributed by atoms with Gasteiger partial charge in [0, 0.05) is 32.1 Å². The van der Waals surface area contributed by atoms with Crippen LogP contribution in [-0.4, -0.2) is 102 Å². The lowest BCUT2D eigenvalue weighted by atomic mass is 9.72. The molecule has 1 amide bonds. The zero-order valence-electron chi connectivity index (χ0n) is 32.7. The molecular weight excluding hydrogens is 676 g/mol. The number of nitrogens with zero attached hydrogens (tertiary/aromatic N) is 2. The third-order valence-electron chi connectivity index (χ3n) is 12.0. The predicted octanol–water partition coefficient (Wildman–Crippen LogP) is 6.11. The lowest BCUT2D eigenvalue weighted by molar-refractivity contribution is -0.162. The second-order valence-electron chi connectivity index (χ2n) is 15.2. The number of fused-ring (bicyclic) bond motifs is 4. The van der Waals surface area contributed by atoms with Crippen LogP contribution in [0, 0.1) is 23.7 Å². The highest BCUT2D eigenvalue weighted by molar-refractivity contribution is 5.92. The van der Waals surface area contributed by atoms with Gasteiger partial charge < -0.3 is 43.2 Å². The fourth-order valence-electron chi connectivity index (χ4n) is 9.02. The molecule has 0 spiro atoms. The highest BCUT2D eigenvalue weighted by Gasteiger charge is 2.43. The Bertz CT molecular complexity index is 1590. The van der Waals surface area contributed by atoms with E-state index in [9.17, 15) is 4.79 Å². The number of aliphatic hydroxyl groups excluding tert-OH is 1. The Kier molecular flexibility index (Phi) is 13.1. The Hall–Kier alpha value is -3.51. The van der Waals surface area contributed by atoms with Crippen LogP contribution in [0.25, 0.3) is 0 Å². The van der Waals surface area contributed by atoms with E-state index in [1.54, 1.807) is 28.4 Å². The van der Waals surface area contributed by atoms with Crippen molar-refractivity contribution in [2.24, 2.45) is 23.7 Å². The number of benzene rings is 2. The van der Waals surface area contributed by atoms with Crippen molar-refractivity contribution in [2.45, 2.75) is 77.7 Å². The molecule has 0 aliphatic carbocycles. The number of rotatable bonds is 15. The quantitative estimate of drug-likeness (QED) is 0.215. The van der Waals surface area contributed by atoms with Crippen LogP contribution in [0.2, 0.25) is 0 Å². The van der Waals surface area contributed by atoms with Gasteiger partial charge in [-0.15, -0.1) is 0 Å². The van der Waals surface area contributed by atoms with Crippen molar-refractivity contribution in [1.29, 1.82) is 0 Å². The van der Waals surface area contributed by atoms with Crippen LogP contribution < -0.4 is 18.9 Å². The molecular formula is C42H60N2O9. The summed E-state index contributed by atoms with van der Waals surface area (Å²) in [5.41, 5.74) is 4.95. The summed E-state index contributed by atoms with van der Waals surface area (Å²) in [5, 5.41) is 9.06. The van der Waals surface area contributed by atoms with E-state index in [1.807, 2.05) is 11.0 Å². The van der Waals surface area contributed by atoms with Gasteiger partial charge in [0.1, 0.15) is 0 Å². The monoisotopic (exact) mass is 736 g/mol. The molecule has 0 radical (unpaired) electrons. The summed E-state index contributed by atoms with van der Waals surface area (Å²) < 4.78 is 40.8. The van der Waals surface area contributed by atoms with E-state index in [0.29, 0.717) is 67.6 Å². The molecule has 0 aromatic heterocycles. The number of aliphatic hydroxyl groups is 1. The van der Waals surface area contributed by atoms with Crippen LogP contribution in [-0.2, 0) is 31.8 Å². The molecule has 2 aromatic rings. The third kappa shape index (κ3) is 8.43. The molecule has 0 saturated carbocycles. The van der Waals surface area contributed by atoms with Crippen molar-refractivity contribution in [2.75, 3.05) is 74.5 Å². The number of hydrogen-bond donors (Lipinski definition) is 1. The van der Waals surface area contributed by atoms with Gasteiger partial charge >= 0.3 is 0 Å². The molecule has 4 aliphatic heterocycles. The summed E-state index contributed by atoms with van der Waals surface area (Å²) in [6.45, 7) is 10.1. The largest absolute Gasteiger partial charge is 0.493 e. The molecule has 53 heavy (non-hydrogen) atoms. The number of ether oxygens (including phenoxy) is 7. The first-order valence-corrected chi connectivity index (χ1v) is 19.5. The molecule has 4 aliphatic rings. The van der Waals surface area contributed by atoms with Gasteiger partial charge in [-0.25, -0.2) is 0 Å². The zero-order valence-corrected chi connectivity index (χ0v) is 32.7. The van der Waals surface area contributed by atoms with Crippen LogP contribution >= 0.6 is 0 Å². The number of carbonyl (C=O) groups is 1. The fourth-order valence-corrected chi connectivity index (χ4v) is 9.02. The van der Waals surface area contributed by atoms with E-state index in [1.165, 1.54) is 16.7 Å². The molecule has 11 heteroatoms. The Balaban J connectivity index is 1.32. The number of piperidine rings is 1. The average Bonchev–Trinajstić information content (AvgIpc) is 3.18. The molecule has 11 nitrogen and oxygen atoms in total. The first-order valence-electron chi connectivity index (χ1n) is 19.5. The number of allylic oxidation sites excluding steroid dienone is 1. The van der Waals surface area contributed by atoms with E-state index in [-0.39, 0.29) is 37.1 Å². The van der Waals surface area contributed by atoms with Crippen molar-refractivity contribution in [3.8, 4) is 23.0 Å². The molecule has 6 atom stereocenters. The maximum Gasteiger partial charge on any atom is 0.289 e. The second-order valence-corrected chi connectivity index (χ2v) is 15.2. The van der Waals surface area contributed by atoms with Crippen LogP contribution in [0.4, 0.5) is 0 Å². The highest BCUT2D eigenvalue weighted by Crippen LogP contribution is 2.49. The van der Waals surface area contributed by atoms with E-state index in [0.717, 1.165) is 55.8 Å². The maximum atomic E-state index is 14.8. The second kappa shape index (κ2) is 17.8. The third-order valence-corrected chi connectivity index (χ3v) is 12.0. The predicted molar refractivity (Wildman–Crippen MR) is 202 cm³/mol. The lowest BCUT2D eigenvalue weighted by Crippen LogP contribution is -2.48. The van der Waals surface area contributed by atoms with E-state index < -0.39 is 6.29 Å². The van der Waals surface area contributed by atoms with Crippen LogP contribution in [0.1, 0.15) is 80.8 Å². The van der Waals surface area contributed by atoms with Crippen LogP contribution in [0.15, 0.2) is 36.1 Å². The van der Waals surface area contributed by atoms with Crippen LogP contribution in [0.3, 0.4) is 0 Å². The molecule has 4 heterocycles. The SMILES string of the molecule is CC[C@H]1CN2CCc3cc(OC)c(OC)cc3[C@@H]2C[C@@H]1C[C@@H]1c2cc(OC)c(OC)cc2CCN1C(=O)C1=C[C@@H](C(C)C)C[C@@H](OCCOCCO)O1. The lowest BCUT2D eigenvalue weighted by Gasteiger charge is -2.49. The van der Waals surface area contributed by atoms with Gasteiger partial charge in [-0.05, 0) is 102 Å². The van der Waals surface area contributed by atoms with Crippen molar-refractivity contribution < 1.29 is 43.1 Å². The number of methoxy groups -OCH3 is 4. The Morgan fingerprint density at radius 3 is 2.13 bits per heavy atom. The summed E-state index contributed by atoms with van der Waals surface area (Å²) >= 11 is 0. The molecule has 1 fully saturated rings. The van der Waals surface area contributed by atoms with Gasteiger partial charge in [-0.1, -0.05) is 27.2 Å². The summed E-state index contributed by atoms with van der Waals surface area (Å²) in [6.07, 6.45) is 6.69. The minimum Gasteiger partial charge on any atom is -0.493 e. The first-order chi connectivity index (χ1) is 25.7. The minimum absolute atomic E-state index is 0.0361. The fraction of sp³-hybridized carbons (Fsp3) is 0.643. The molecule has 292 valence electrons. The molecule has 0 unspecified atom stereocenters. The topological polar surface area (TPSA) is 108 Å². The Morgan fingerprint density at radius 2 is 1.49 bits per heavy atom. The molecule has 1 saturated heterocycles. The van der Waals surface area contributed by atoms with Gasteiger partial charge in [0.05, 0.1) is 60.9 Å². The smallest absolute Gasteiger partial charge is 0.289 e. The average molecular weight is 737 g/mol. The number of amides is 1. The van der Waals surface area contributed by atoms with Crippen molar-refractivity contribution in [3.05, 3.63) is 58.4 Å². The summed E-state index contributed by atoms with van der Waals surface area (Å²) in [7, 11) is 6.73. The van der Waals surface area contributed by atoms with Crippen LogP contribution in [0.5, 0.6) is 23.0 Å². The molecule has 6 rings (SSSR count). The summed E-state index contributed by atoms with van der Waals surface area (Å²) in [4.78, 5) is 19.5. The molecule has 0 bridgehead atoms. The zero-order chi connectivity index (χ0) is 37.6. The van der Waals surface area contributed by atoms with Crippen molar-refractivity contribution in [1.82, 2.24) is 9.80 Å². The standard InChI is InChI=1S/C42H60N2O9/c1-8-27-25-43-11-9-28-19-36(47-4)38(49-6)23-32(28)34(43)17-31(27)18-35-33-24-39(50-7)37(48-5)20-29(33)10-12-44(35)42(46)40-21-30(26(2)3)22-41(53-40)52-16-15-51-14-13-45/h19-21,23-24,26-27,30-31,34-35,41,45H,8-18,22,25H2,1-7H3/t27-,30+,31+,34-,35+,41-/m0/s1. The number of hydrogen-bond acceptors (Lipinski definition) is 10. The van der Waals surface area contributed by atoms with E-state index in [4.69, 9.17) is 38.3 Å². The minimum atomic E-state index is -0.556. The highest BCUT2D eigenvalue weighted by atomic mass is 16.7. The normalized spacial score (nSPS) is 25.5. The molecule has 2 aromatic carbocycles. The van der Waals surface area contributed by atoms with Gasteiger partial charge in [0.2, 0.25) is 6.29 Å². The van der Waals surface area contributed by atoms with Gasteiger partial charge in [-0.2, -0.15) is 0 Å². The molecule has 1 N–H and O–H groups in total. The van der Waals surface area contributed by atoms with Gasteiger partial charge in [0.25, 0.3) is 5.91 Å². The van der Waals surface area contributed by atoms with Gasteiger partial charge in [-0.3, -0.25) is 9.69 Å².